The van der Waals surface area contributed by atoms with Crippen LogP contribution in [-0.2, 0) is 9.47 Å². The van der Waals surface area contributed by atoms with Crippen LogP contribution in [-0.4, -0.2) is 42.1 Å². The van der Waals surface area contributed by atoms with E-state index in [1.54, 1.807) is 12.4 Å². The first-order chi connectivity index (χ1) is 8.88. The highest BCUT2D eigenvalue weighted by atomic mass is 16.7. The van der Waals surface area contributed by atoms with E-state index in [9.17, 15) is 0 Å². The Hall–Kier alpha value is -1.46. The molecule has 0 aromatic carbocycles. The predicted molar refractivity (Wildman–Crippen MR) is 67.3 cm³/mol. The minimum Gasteiger partial charge on any atom is -0.346 e. The minimum atomic E-state index is -0.408. The molecule has 0 N–H and O–H groups in total. The van der Waals surface area contributed by atoms with E-state index in [2.05, 4.69) is 14.9 Å². The summed E-state index contributed by atoms with van der Waals surface area (Å²) in [6, 6.07) is 1.83. The summed E-state index contributed by atoms with van der Waals surface area (Å²) in [5, 5.41) is 0. The summed E-state index contributed by atoms with van der Waals surface area (Å²) in [5.74, 6) is 0.383. The van der Waals surface area contributed by atoms with Crippen LogP contribution in [0, 0.1) is 0 Å². The summed E-state index contributed by atoms with van der Waals surface area (Å²) in [5.41, 5.74) is 0. The number of aromatic nitrogens is 2. The zero-order valence-corrected chi connectivity index (χ0v) is 10.3. The Morgan fingerprint density at radius 1 is 1.00 bits per heavy atom. The lowest BCUT2D eigenvalue weighted by atomic mass is 10.0. The van der Waals surface area contributed by atoms with E-state index in [0.717, 1.165) is 31.9 Å². The van der Waals surface area contributed by atoms with E-state index in [-0.39, 0.29) is 0 Å². The topological polar surface area (TPSA) is 47.5 Å². The monoisotopic (exact) mass is 247 g/mol. The highest BCUT2D eigenvalue weighted by Crippen LogP contribution is 2.30. The average molecular weight is 247 g/mol. The van der Waals surface area contributed by atoms with Crippen molar-refractivity contribution in [1.82, 2.24) is 9.97 Å². The lowest BCUT2D eigenvalue weighted by Gasteiger charge is -2.40. The molecule has 18 heavy (non-hydrogen) atoms. The van der Waals surface area contributed by atoms with E-state index >= 15 is 0 Å². The van der Waals surface area contributed by atoms with Crippen LogP contribution in [0.4, 0.5) is 5.95 Å². The molecule has 1 fully saturated rings. The van der Waals surface area contributed by atoms with Gasteiger partial charge in [0, 0.05) is 38.3 Å². The first-order valence-corrected chi connectivity index (χ1v) is 6.33. The Morgan fingerprint density at radius 3 is 2.22 bits per heavy atom. The summed E-state index contributed by atoms with van der Waals surface area (Å²) >= 11 is 0. The molecule has 2 aliphatic rings. The molecule has 0 aliphatic carbocycles. The third-order valence-electron chi connectivity index (χ3n) is 3.41. The molecular weight excluding hydrogens is 230 g/mol. The molecule has 0 saturated carbocycles. The number of rotatable bonds is 1. The molecule has 5 heteroatoms. The van der Waals surface area contributed by atoms with Crippen molar-refractivity contribution in [2.75, 3.05) is 31.2 Å². The van der Waals surface area contributed by atoms with E-state index < -0.39 is 5.79 Å². The first-order valence-electron chi connectivity index (χ1n) is 6.33. The predicted octanol–water partition coefficient (Wildman–Crippen LogP) is 1.38. The molecule has 2 aliphatic heterocycles. The van der Waals surface area contributed by atoms with E-state index in [1.165, 1.54) is 0 Å². The second-order valence-corrected chi connectivity index (χ2v) is 4.54. The summed E-state index contributed by atoms with van der Waals surface area (Å²) in [7, 11) is 0. The van der Waals surface area contributed by atoms with Crippen LogP contribution in [0.1, 0.15) is 12.8 Å². The molecule has 1 aromatic rings. The summed E-state index contributed by atoms with van der Waals surface area (Å²) < 4.78 is 11.7. The van der Waals surface area contributed by atoms with Crippen molar-refractivity contribution in [3.8, 4) is 0 Å². The molecule has 0 atom stereocenters. The highest BCUT2D eigenvalue weighted by molar-refractivity contribution is 5.29. The van der Waals surface area contributed by atoms with Gasteiger partial charge in [0.15, 0.2) is 5.79 Å². The van der Waals surface area contributed by atoms with Crippen molar-refractivity contribution in [3.63, 3.8) is 0 Å². The van der Waals surface area contributed by atoms with Crippen LogP contribution in [0.25, 0.3) is 0 Å². The molecule has 1 saturated heterocycles. The van der Waals surface area contributed by atoms with Crippen molar-refractivity contribution in [1.29, 1.82) is 0 Å². The van der Waals surface area contributed by atoms with Gasteiger partial charge in [-0.15, -0.1) is 0 Å². The number of nitrogens with zero attached hydrogens (tertiary/aromatic N) is 3. The van der Waals surface area contributed by atoms with Crippen LogP contribution >= 0.6 is 0 Å². The number of anilines is 1. The van der Waals surface area contributed by atoms with Crippen LogP contribution in [0.5, 0.6) is 0 Å². The second-order valence-electron chi connectivity index (χ2n) is 4.54. The first kappa shape index (κ1) is 11.6. The van der Waals surface area contributed by atoms with Gasteiger partial charge in [0.1, 0.15) is 0 Å². The number of piperidine rings is 1. The molecule has 1 aromatic heterocycles. The summed E-state index contributed by atoms with van der Waals surface area (Å²) in [6.45, 7) is 3.01. The number of ether oxygens (including phenoxy) is 2. The quantitative estimate of drug-likeness (QED) is 0.702. The van der Waals surface area contributed by atoms with Crippen molar-refractivity contribution in [2.24, 2.45) is 0 Å². The third kappa shape index (κ3) is 2.37. The molecule has 3 rings (SSSR count). The fourth-order valence-electron chi connectivity index (χ4n) is 2.37. The molecular formula is C13H17N3O2. The molecule has 96 valence electrons. The van der Waals surface area contributed by atoms with Crippen LogP contribution in [0.15, 0.2) is 30.6 Å². The van der Waals surface area contributed by atoms with Gasteiger partial charge in [0.25, 0.3) is 0 Å². The van der Waals surface area contributed by atoms with E-state index in [0.29, 0.717) is 13.2 Å². The SMILES string of the molecule is C1=CCOC2(CCN(c3ncccn3)CC2)OC1. The van der Waals surface area contributed by atoms with Gasteiger partial charge in [0.05, 0.1) is 13.2 Å². The lowest BCUT2D eigenvalue weighted by molar-refractivity contribution is -0.232. The molecule has 1 spiro atoms. The fraction of sp³-hybridized carbons (Fsp3) is 0.538. The van der Waals surface area contributed by atoms with Gasteiger partial charge in [-0.3, -0.25) is 0 Å². The molecule has 5 nitrogen and oxygen atoms in total. The molecule has 3 heterocycles. The van der Waals surface area contributed by atoms with Gasteiger partial charge >= 0.3 is 0 Å². The fourth-order valence-corrected chi connectivity index (χ4v) is 2.37. The van der Waals surface area contributed by atoms with Gasteiger partial charge in [-0.2, -0.15) is 0 Å². The molecule has 0 radical (unpaired) electrons. The Morgan fingerprint density at radius 2 is 1.61 bits per heavy atom. The zero-order valence-electron chi connectivity index (χ0n) is 10.3. The lowest BCUT2D eigenvalue weighted by Crippen LogP contribution is -2.48. The Labute approximate surface area is 106 Å². The smallest absolute Gasteiger partial charge is 0.225 e. The van der Waals surface area contributed by atoms with Gasteiger partial charge in [-0.25, -0.2) is 9.97 Å². The van der Waals surface area contributed by atoms with Crippen LogP contribution in [0.2, 0.25) is 0 Å². The highest BCUT2D eigenvalue weighted by Gasteiger charge is 2.37. The number of hydrogen-bond acceptors (Lipinski definition) is 5. The molecule has 0 bridgehead atoms. The Kier molecular flexibility index (Phi) is 3.25. The maximum absolute atomic E-state index is 5.84. The second kappa shape index (κ2) is 5.04. The standard InChI is InChI=1S/C13H17N3O2/c1-2-11-18-13(17-10-1)4-8-16(9-5-13)12-14-6-3-7-15-12/h1-3,6-7H,4-5,8-11H2. The van der Waals surface area contributed by atoms with Gasteiger partial charge in [-0.05, 0) is 6.07 Å². The van der Waals surface area contributed by atoms with Gasteiger partial charge < -0.3 is 14.4 Å². The van der Waals surface area contributed by atoms with Crippen molar-refractivity contribution in [2.45, 2.75) is 18.6 Å². The summed E-state index contributed by atoms with van der Waals surface area (Å²) in [6.07, 6.45) is 9.29. The minimum absolute atomic E-state index is 0.408. The maximum Gasteiger partial charge on any atom is 0.225 e. The van der Waals surface area contributed by atoms with Crippen molar-refractivity contribution >= 4 is 5.95 Å². The van der Waals surface area contributed by atoms with Crippen LogP contribution < -0.4 is 4.90 Å². The average Bonchev–Trinajstić information content (AvgIpc) is 2.67. The van der Waals surface area contributed by atoms with Crippen molar-refractivity contribution < 1.29 is 9.47 Å². The van der Waals surface area contributed by atoms with Crippen LogP contribution in [0.3, 0.4) is 0 Å². The third-order valence-corrected chi connectivity index (χ3v) is 3.41. The molecule has 0 amide bonds. The normalized spacial score (nSPS) is 23.0. The Balaban J connectivity index is 1.64. The zero-order chi connectivity index (χ0) is 12.3. The Bertz CT molecular complexity index is 402. The van der Waals surface area contributed by atoms with E-state index in [4.69, 9.17) is 9.47 Å². The largest absolute Gasteiger partial charge is 0.346 e. The molecule has 0 unspecified atom stereocenters. The number of hydrogen-bond donors (Lipinski definition) is 0. The van der Waals surface area contributed by atoms with Gasteiger partial charge in [-0.1, -0.05) is 12.2 Å². The van der Waals surface area contributed by atoms with Crippen molar-refractivity contribution in [3.05, 3.63) is 30.6 Å². The van der Waals surface area contributed by atoms with E-state index in [1.807, 2.05) is 18.2 Å². The maximum atomic E-state index is 5.84. The van der Waals surface area contributed by atoms with Gasteiger partial charge in [0.2, 0.25) is 5.95 Å². The summed E-state index contributed by atoms with van der Waals surface area (Å²) in [4.78, 5) is 10.7.